The van der Waals surface area contributed by atoms with Crippen molar-refractivity contribution in [1.29, 1.82) is 0 Å². The lowest BCUT2D eigenvalue weighted by atomic mass is 10.1. The Kier molecular flexibility index (Phi) is 3.93. The van der Waals surface area contributed by atoms with Crippen molar-refractivity contribution in [3.63, 3.8) is 0 Å². The van der Waals surface area contributed by atoms with E-state index in [1.165, 1.54) is 11.8 Å². The Hall–Kier alpha value is -2.79. The highest BCUT2D eigenvalue weighted by atomic mass is 32.2. The number of hydrogen-bond acceptors (Lipinski definition) is 3. The van der Waals surface area contributed by atoms with Crippen LogP contribution in [0.3, 0.4) is 0 Å². The molecule has 0 bridgehead atoms. The predicted octanol–water partition coefficient (Wildman–Crippen LogP) is 4.41. The Bertz CT molecular complexity index is 1020. The Labute approximate surface area is 150 Å². The van der Waals surface area contributed by atoms with Crippen LogP contribution in [0.25, 0.3) is 17.0 Å². The fraction of sp³-hybridized carbons (Fsp3) is 0.100. The van der Waals surface area contributed by atoms with Crippen LogP contribution in [0.1, 0.15) is 5.56 Å². The van der Waals surface area contributed by atoms with Gasteiger partial charge in [-0.3, -0.25) is 9.69 Å². The summed E-state index contributed by atoms with van der Waals surface area (Å²) in [5, 5.41) is 1.84. The minimum absolute atomic E-state index is 0.0207. The summed E-state index contributed by atoms with van der Waals surface area (Å²) < 4.78 is 2.08. The van der Waals surface area contributed by atoms with Gasteiger partial charge in [-0.25, -0.2) is 4.99 Å². The molecule has 25 heavy (non-hydrogen) atoms. The second-order valence-corrected chi connectivity index (χ2v) is 6.93. The second-order valence-electron chi connectivity index (χ2n) is 5.92. The summed E-state index contributed by atoms with van der Waals surface area (Å²) in [6.45, 7) is 0. The minimum atomic E-state index is -0.0207. The van der Waals surface area contributed by atoms with E-state index in [-0.39, 0.29) is 5.91 Å². The number of amidine groups is 1. The molecule has 1 aromatic heterocycles. The zero-order valence-corrected chi connectivity index (χ0v) is 14.8. The van der Waals surface area contributed by atoms with Gasteiger partial charge in [0.2, 0.25) is 0 Å². The molecule has 1 saturated heterocycles. The van der Waals surface area contributed by atoms with E-state index in [4.69, 9.17) is 0 Å². The number of likely N-dealkylation sites (N-methyl/N-ethyl adjacent to an activating group) is 1. The molecular weight excluding hydrogens is 330 g/mol. The fourth-order valence-electron chi connectivity index (χ4n) is 2.89. The van der Waals surface area contributed by atoms with Crippen LogP contribution in [0, 0.1) is 0 Å². The van der Waals surface area contributed by atoms with Gasteiger partial charge in [-0.15, -0.1) is 0 Å². The zero-order valence-electron chi connectivity index (χ0n) is 14.0. The molecule has 0 spiro atoms. The van der Waals surface area contributed by atoms with E-state index < -0.39 is 0 Å². The number of aromatic nitrogens is 1. The maximum absolute atomic E-state index is 12.6. The number of amides is 1. The highest BCUT2D eigenvalue weighted by molar-refractivity contribution is 8.18. The van der Waals surface area contributed by atoms with Gasteiger partial charge in [-0.05, 0) is 36.0 Å². The molecule has 1 aliphatic rings. The van der Waals surface area contributed by atoms with Gasteiger partial charge in [0.05, 0.1) is 10.6 Å². The van der Waals surface area contributed by atoms with E-state index in [9.17, 15) is 4.79 Å². The number of benzene rings is 2. The summed E-state index contributed by atoms with van der Waals surface area (Å²) in [6.07, 6.45) is 4.01. The molecule has 1 aliphatic heterocycles. The van der Waals surface area contributed by atoms with Crippen molar-refractivity contribution in [2.24, 2.45) is 12.0 Å². The van der Waals surface area contributed by atoms with E-state index in [1.54, 1.807) is 11.9 Å². The molecule has 5 heteroatoms. The molecule has 0 N–H and O–H groups in total. The van der Waals surface area contributed by atoms with Gasteiger partial charge >= 0.3 is 0 Å². The monoisotopic (exact) mass is 347 g/mol. The Morgan fingerprint density at radius 2 is 1.72 bits per heavy atom. The maximum Gasteiger partial charge on any atom is 0.266 e. The van der Waals surface area contributed by atoms with Crippen LogP contribution >= 0.6 is 11.8 Å². The molecule has 0 radical (unpaired) electrons. The van der Waals surface area contributed by atoms with Gasteiger partial charge < -0.3 is 4.57 Å². The molecule has 0 aliphatic carbocycles. The smallest absolute Gasteiger partial charge is 0.266 e. The molecule has 4 nitrogen and oxygen atoms in total. The van der Waals surface area contributed by atoms with Crippen molar-refractivity contribution >= 4 is 45.5 Å². The van der Waals surface area contributed by atoms with Gasteiger partial charge in [0.1, 0.15) is 0 Å². The first-order valence-corrected chi connectivity index (χ1v) is 8.80. The van der Waals surface area contributed by atoms with Crippen molar-refractivity contribution in [2.75, 3.05) is 7.05 Å². The standard InChI is InChI=1S/C20H17N3OS/c1-22-13-14(16-10-6-7-11-17(16)22)12-18-19(24)23(2)20(25-18)21-15-8-4-3-5-9-15/h3-13H,1-2H3/b18-12-,21-20?. The fourth-order valence-corrected chi connectivity index (χ4v) is 3.87. The van der Waals surface area contributed by atoms with E-state index in [1.807, 2.05) is 55.6 Å². The molecule has 0 atom stereocenters. The molecule has 0 saturated carbocycles. The summed E-state index contributed by atoms with van der Waals surface area (Å²) in [6, 6.07) is 17.9. The van der Waals surface area contributed by atoms with Crippen molar-refractivity contribution in [2.45, 2.75) is 0 Å². The van der Waals surface area contributed by atoms with Gasteiger partial charge in [-0.2, -0.15) is 0 Å². The number of rotatable bonds is 2. The van der Waals surface area contributed by atoms with E-state index in [2.05, 4.69) is 27.9 Å². The second kappa shape index (κ2) is 6.26. The van der Waals surface area contributed by atoms with E-state index >= 15 is 0 Å². The van der Waals surface area contributed by atoms with E-state index in [0.717, 1.165) is 22.2 Å². The SMILES string of the molecule is CN1C(=O)/C(=C/c2cn(C)c3ccccc23)SC1=Nc1ccccc1. The Morgan fingerprint density at radius 1 is 1.00 bits per heavy atom. The number of hydrogen-bond donors (Lipinski definition) is 0. The highest BCUT2D eigenvalue weighted by Crippen LogP contribution is 2.34. The average Bonchev–Trinajstić information content (AvgIpc) is 3.09. The van der Waals surface area contributed by atoms with Crippen molar-refractivity contribution in [3.05, 3.63) is 71.3 Å². The van der Waals surface area contributed by atoms with Crippen LogP contribution in [0.4, 0.5) is 5.69 Å². The number of nitrogens with zero attached hydrogens (tertiary/aromatic N) is 3. The quantitative estimate of drug-likeness (QED) is 0.644. The van der Waals surface area contributed by atoms with Crippen LogP contribution in [0.15, 0.2) is 70.7 Å². The summed E-state index contributed by atoms with van der Waals surface area (Å²) in [7, 11) is 3.78. The molecular formula is C20H17N3OS. The molecule has 124 valence electrons. The lowest BCUT2D eigenvalue weighted by Gasteiger charge is -2.06. The predicted molar refractivity (Wildman–Crippen MR) is 105 cm³/mol. The van der Waals surface area contributed by atoms with Crippen LogP contribution in [-0.4, -0.2) is 27.6 Å². The van der Waals surface area contributed by atoms with Crippen molar-refractivity contribution in [1.82, 2.24) is 9.47 Å². The Balaban J connectivity index is 1.72. The number of aliphatic imine (C=N–C) groups is 1. The third kappa shape index (κ3) is 2.87. The lowest BCUT2D eigenvalue weighted by Crippen LogP contribution is -2.23. The number of para-hydroxylation sites is 2. The zero-order chi connectivity index (χ0) is 17.4. The van der Waals surface area contributed by atoms with Crippen LogP contribution in [0.5, 0.6) is 0 Å². The van der Waals surface area contributed by atoms with Crippen LogP contribution in [0.2, 0.25) is 0 Å². The third-order valence-electron chi connectivity index (χ3n) is 4.20. The highest BCUT2D eigenvalue weighted by Gasteiger charge is 2.30. The number of carbonyl (C=O) groups excluding carboxylic acids is 1. The number of thioether (sulfide) groups is 1. The number of carbonyl (C=O) groups is 1. The maximum atomic E-state index is 12.6. The minimum Gasteiger partial charge on any atom is -0.350 e. The summed E-state index contributed by atoms with van der Waals surface area (Å²) >= 11 is 1.41. The molecule has 3 aromatic rings. The first-order chi connectivity index (χ1) is 12.1. The van der Waals surface area contributed by atoms with E-state index in [0.29, 0.717) is 10.1 Å². The van der Waals surface area contributed by atoms with Crippen molar-refractivity contribution < 1.29 is 4.79 Å². The Morgan fingerprint density at radius 3 is 2.52 bits per heavy atom. The van der Waals surface area contributed by atoms with Crippen LogP contribution < -0.4 is 0 Å². The first-order valence-electron chi connectivity index (χ1n) is 7.99. The normalized spacial score (nSPS) is 18.0. The summed E-state index contributed by atoms with van der Waals surface area (Å²) in [5.41, 5.74) is 3.04. The van der Waals surface area contributed by atoms with Gasteiger partial charge in [0.25, 0.3) is 5.91 Å². The first kappa shape index (κ1) is 15.7. The molecule has 0 unspecified atom stereocenters. The lowest BCUT2D eigenvalue weighted by molar-refractivity contribution is -0.121. The van der Waals surface area contributed by atoms with Crippen LogP contribution in [-0.2, 0) is 11.8 Å². The molecule has 4 rings (SSSR count). The summed E-state index contributed by atoms with van der Waals surface area (Å²) in [4.78, 5) is 19.5. The van der Waals surface area contributed by atoms with Gasteiger partial charge in [0, 0.05) is 36.8 Å². The average molecular weight is 347 g/mol. The van der Waals surface area contributed by atoms with Crippen molar-refractivity contribution in [3.8, 4) is 0 Å². The topological polar surface area (TPSA) is 37.6 Å². The largest absolute Gasteiger partial charge is 0.350 e. The van der Waals surface area contributed by atoms with Gasteiger partial charge in [-0.1, -0.05) is 36.4 Å². The third-order valence-corrected chi connectivity index (χ3v) is 5.26. The van der Waals surface area contributed by atoms with Gasteiger partial charge in [0.15, 0.2) is 5.17 Å². The number of aryl methyl sites for hydroxylation is 1. The summed E-state index contributed by atoms with van der Waals surface area (Å²) in [5.74, 6) is -0.0207. The molecule has 1 amide bonds. The molecule has 2 aromatic carbocycles. The molecule has 2 heterocycles. The molecule has 1 fully saturated rings. The number of fused-ring (bicyclic) bond motifs is 1.